The molecule has 3 rings (SSSR count). The highest BCUT2D eigenvalue weighted by Gasteiger charge is 2.21. The van der Waals surface area contributed by atoms with Crippen LogP contribution in [0, 0.1) is 11.6 Å². The second kappa shape index (κ2) is 8.21. The molecule has 0 atom stereocenters. The van der Waals surface area contributed by atoms with Crippen LogP contribution >= 0.6 is 0 Å². The maximum absolute atomic E-state index is 13.0. The van der Waals surface area contributed by atoms with E-state index in [9.17, 15) is 13.6 Å². The van der Waals surface area contributed by atoms with E-state index in [1.807, 2.05) is 17.0 Å². The summed E-state index contributed by atoms with van der Waals surface area (Å²) in [6.07, 6.45) is 1.94. The number of carbonyl (C=O) groups is 1. The lowest BCUT2D eigenvalue weighted by atomic mass is 10.1. The van der Waals surface area contributed by atoms with Gasteiger partial charge in [-0.25, -0.2) is 8.78 Å². The summed E-state index contributed by atoms with van der Waals surface area (Å²) in [6, 6.07) is 12.4. The SMILES string of the molecule is O=C(c1ccc(F)cc1)N1CCN(CCCc2ccc(F)cc2)CC1. The van der Waals surface area contributed by atoms with Crippen LogP contribution in [0.15, 0.2) is 48.5 Å². The average molecular weight is 344 g/mol. The zero-order valence-corrected chi connectivity index (χ0v) is 14.1. The number of hydrogen-bond donors (Lipinski definition) is 0. The summed E-state index contributed by atoms with van der Waals surface area (Å²) in [5.41, 5.74) is 1.68. The standard InChI is InChI=1S/C20H22F2N2O/c21-18-7-3-16(4-8-18)2-1-11-23-12-14-24(15-13-23)20(25)17-5-9-19(22)10-6-17/h3-10H,1-2,11-15H2. The van der Waals surface area contributed by atoms with E-state index in [0.29, 0.717) is 18.7 Å². The Kier molecular flexibility index (Phi) is 5.76. The fourth-order valence-corrected chi connectivity index (χ4v) is 3.11. The number of benzene rings is 2. The fraction of sp³-hybridized carbons (Fsp3) is 0.350. The molecule has 2 aromatic carbocycles. The molecule has 0 N–H and O–H groups in total. The molecule has 1 aliphatic rings. The van der Waals surface area contributed by atoms with Gasteiger partial charge in [-0.15, -0.1) is 0 Å². The van der Waals surface area contributed by atoms with Crippen LogP contribution in [0.5, 0.6) is 0 Å². The molecule has 0 saturated carbocycles. The second-order valence-corrected chi connectivity index (χ2v) is 6.37. The van der Waals surface area contributed by atoms with E-state index in [-0.39, 0.29) is 17.5 Å². The first-order chi connectivity index (χ1) is 12.1. The molecule has 2 aromatic rings. The minimum atomic E-state index is -0.331. The van der Waals surface area contributed by atoms with Crippen molar-refractivity contribution in [2.45, 2.75) is 12.8 Å². The number of amides is 1. The number of nitrogens with zero attached hydrogens (tertiary/aromatic N) is 2. The lowest BCUT2D eigenvalue weighted by Gasteiger charge is -2.34. The molecule has 1 saturated heterocycles. The molecule has 0 aromatic heterocycles. The van der Waals surface area contributed by atoms with Gasteiger partial charge in [-0.05, 0) is 61.3 Å². The summed E-state index contributed by atoms with van der Waals surface area (Å²) in [5, 5.41) is 0. The minimum absolute atomic E-state index is 0.0361. The van der Waals surface area contributed by atoms with E-state index in [1.54, 1.807) is 0 Å². The lowest BCUT2D eigenvalue weighted by Crippen LogP contribution is -2.48. The first kappa shape index (κ1) is 17.5. The van der Waals surface area contributed by atoms with Crippen molar-refractivity contribution in [1.82, 2.24) is 9.80 Å². The summed E-state index contributed by atoms with van der Waals surface area (Å²) < 4.78 is 25.8. The van der Waals surface area contributed by atoms with Gasteiger partial charge in [0.2, 0.25) is 0 Å². The maximum atomic E-state index is 13.0. The smallest absolute Gasteiger partial charge is 0.253 e. The zero-order valence-electron chi connectivity index (χ0n) is 14.1. The Balaban J connectivity index is 1.41. The first-order valence-electron chi connectivity index (χ1n) is 8.63. The topological polar surface area (TPSA) is 23.6 Å². The van der Waals surface area contributed by atoms with Gasteiger partial charge in [0.1, 0.15) is 11.6 Å². The Morgan fingerprint density at radius 2 is 1.40 bits per heavy atom. The molecule has 1 heterocycles. The van der Waals surface area contributed by atoms with Gasteiger partial charge in [-0.2, -0.15) is 0 Å². The van der Waals surface area contributed by atoms with Gasteiger partial charge < -0.3 is 4.90 Å². The largest absolute Gasteiger partial charge is 0.336 e. The number of halogens is 2. The highest BCUT2D eigenvalue weighted by Crippen LogP contribution is 2.11. The Hall–Kier alpha value is -2.27. The first-order valence-corrected chi connectivity index (χ1v) is 8.63. The van der Waals surface area contributed by atoms with E-state index in [1.165, 1.54) is 36.4 Å². The predicted molar refractivity (Wildman–Crippen MR) is 93.5 cm³/mol. The summed E-state index contributed by atoms with van der Waals surface area (Å²) in [5.74, 6) is -0.570. The third-order valence-corrected chi connectivity index (χ3v) is 4.60. The van der Waals surface area contributed by atoms with Crippen LogP contribution < -0.4 is 0 Å². The van der Waals surface area contributed by atoms with Crippen molar-refractivity contribution < 1.29 is 13.6 Å². The van der Waals surface area contributed by atoms with Crippen LogP contribution in [0.25, 0.3) is 0 Å². The highest BCUT2D eigenvalue weighted by molar-refractivity contribution is 5.94. The maximum Gasteiger partial charge on any atom is 0.253 e. The number of carbonyl (C=O) groups excluding carboxylic acids is 1. The Morgan fingerprint density at radius 3 is 2.00 bits per heavy atom. The summed E-state index contributed by atoms with van der Waals surface area (Å²) in [7, 11) is 0. The molecule has 0 unspecified atom stereocenters. The van der Waals surface area contributed by atoms with E-state index >= 15 is 0 Å². The van der Waals surface area contributed by atoms with Crippen molar-refractivity contribution in [3.63, 3.8) is 0 Å². The second-order valence-electron chi connectivity index (χ2n) is 6.37. The normalized spacial score (nSPS) is 15.4. The minimum Gasteiger partial charge on any atom is -0.336 e. The van der Waals surface area contributed by atoms with E-state index in [2.05, 4.69) is 4.90 Å². The van der Waals surface area contributed by atoms with Crippen molar-refractivity contribution in [3.8, 4) is 0 Å². The highest BCUT2D eigenvalue weighted by atomic mass is 19.1. The van der Waals surface area contributed by atoms with Crippen LogP contribution in [0.1, 0.15) is 22.3 Å². The number of piperazine rings is 1. The molecule has 1 fully saturated rings. The molecule has 3 nitrogen and oxygen atoms in total. The monoisotopic (exact) mass is 344 g/mol. The Morgan fingerprint density at radius 1 is 0.840 bits per heavy atom. The van der Waals surface area contributed by atoms with Gasteiger partial charge in [0.05, 0.1) is 0 Å². The molecule has 0 radical (unpaired) electrons. The Bertz CT molecular complexity index is 693. The van der Waals surface area contributed by atoms with Crippen molar-refractivity contribution in [3.05, 3.63) is 71.3 Å². The van der Waals surface area contributed by atoms with Crippen LogP contribution in [0.4, 0.5) is 8.78 Å². The van der Waals surface area contributed by atoms with Gasteiger partial charge >= 0.3 is 0 Å². The molecule has 0 aliphatic carbocycles. The van der Waals surface area contributed by atoms with Crippen LogP contribution in [-0.4, -0.2) is 48.4 Å². The van der Waals surface area contributed by atoms with Crippen molar-refractivity contribution >= 4 is 5.91 Å². The van der Waals surface area contributed by atoms with E-state index < -0.39 is 0 Å². The molecule has 0 bridgehead atoms. The molecule has 1 aliphatic heterocycles. The number of aryl methyl sites for hydroxylation is 1. The van der Waals surface area contributed by atoms with Gasteiger partial charge in [0.25, 0.3) is 5.91 Å². The van der Waals surface area contributed by atoms with Crippen molar-refractivity contribution in [1.29, 1.82) is 0 Å². The zero-order chi connectivity index (χ0) is 17.6. The quantitative estimate of drug-likeness (QED) is 0.830. The molecular formula is C20H22F2N2O. The number of rotatable bonds is 5. The molecule has 25 heavy (non-hydrogen) atoms. The molecule has 5 heteroatoms. The van der Waals surface area contributed by atoms with Gasteiger partial charge in [0, 0.05) is 31.7 Å². The summed E-state index contributed by atoms with van der Waals surface area (Å²) in [6.45, 7) is 4.03. The van der Waals surface area contributed by atoms with Gasteiger partial charge in [-0.3, -0.25) is 9.69 Å². The number of hydrogen-bond acceptors (Lipinski definition) is 2. The van der Waals surface area contributed by atoms with Gasteiger partial charge in [-0.1, -0.05) is 12.1 Å². The molecule has 132 valence electrons. The van der Waals surface area contributed by atoms with Gasteiger partial charge in [0.15, 0.2) is 0 Å². The summed E-state index contributed by atoms with van der Waals surface area (Å²) in [4.78, 5) is 16.6. The van der Waals surface area contributed by atoms with Crippen LogP contribution in [0.3, 0.4) is 0 Å². The lowest BCUT2D eigenvalue weighted by molar-refractivity contribution is 0.0636. The van der Waals surface area contributed by atoms with Crippen molar-refractivity contribution in [2.24, 2.45) is 0 Å². The molecular weight excluding hydrogens is 322 g/mol. The third-order valence-electron chi connectivity index (χ3n) is 4.60. The van der Waals surface area contributed by atoms with E-state index in [4.69, 9.17) is 0 Å². The predicted octanol–water partition coefficient (Wildman–Crippen LogP) is 3.36. The van der Waals surface area contributed by atoms with Crippen LogP contribution in [-0.2, 0) is 6.42 Å². The fourth-order valence-electron chi connectivity index (χ4n) is 3.11. The summed E-state index contributed by atoms with van der Waals surface area (Å²) >= 11 is 0. The molecule has 1 amide bonds. The van der Waals surface area contributed by atoms with Crippen LogP contribution in [0.2, 0.25) is 0 Å². The third kappa shape index (κ3) is 4.86. The van der Waals surface area contributed by atoms with E-state index in [0.717, 1.165) is 38.0 Å². The average Bonchev–Trinajstić information content (AvgIpc) is 2.64. The van der Waals surface area contributed by atoms with Crippen molar-refractivity contribution in [2.75, 3.05) is 32.7 Å². The Labute approximate surface area is 146 Å². The molecule has 0 spiro atoms.